The molecule has 2 nitrogen and oxygen atoms in total. The van der Waals surface area contributed by atoms with Crippen molar-refractivity contribution in [1.82, 2.24) is 4.90 Å². The molecular formula is C17H19F2NO. The Labute approximate surface area is 123 Å². The van der Waals surface area contributed by atoms with Gasteiger partial charge in [-0.1, -0.05) is 60.7 Å². The van der Waals surface area contributed by atoms with E-state index in [-0.39, 0.29) is 0 Å². The van der Waals surface area contributed by atoms with Crippen molar-refractivity contribution in [2.75, 3.05) is 13.2 Å². The molecule has 0 aromatic heterocycles. The summed E-state index contributed by atoms with van der Waals surface area (Å²) >= 11 is 0. The Kier molecular flexibility index (Phi) is 5.42. The van der Waals surface area contributed by atoms with E-state index in [2.05, 4.69) is 0 Å². The number of hydrogen-bond donors (Lipinski definition) is 1. The number of aliphatic hydroxyl groups is 1. The molecule has 0 radical (unpaired) electrons. The molecule has 0 heterocycles. The van der Waals surface area contributed by atoms with Crippen LogP contribution in [0.4, 0.5) is 8.78 Å². The average Bonchev–Trinajstić information content (AvgIpc) is 2.49. The summed E-state index contributed by atoms with van der Waals surface area (Å²) in [7, 11) is 0. The van der Waals surface area contributed by atoms with Crippen molar-refractivity contribution >= 4 is 0 Å². The Bertz CT molecular complexity index is 490. The lowest BCUT2D eigenvalue weighted by atomic mass is 10.1. The van der Waals surface area contributed by atoms with Crippen molar-refractivity contribution in [3.8, 4) is 0 Å². The number of nitrogens with zero attached hydrogens (tertiary/aromatic N) is 1. The molecule has 0 aliphatic heterocycles. The van der Waals surface area contributed by atoms with E-state index in [1.807, 2.05) is 60.7 Å². The van der Waals surface area contributed by atoms with Crippen LogP contribution >= 0.6 is 0 Å². The molecule has 1 N–H and O–H groups in total. The van der Waals surface area contributed by atoms with Crippen LogP contribution < -0.4 is 0 Å². The van der Waals surface area contributed by atoms with Gasteiger partial charge in [0.25, 0.3) is 5.92 Å². The first-order valence-electron chi connectivity index (χ1n) is 6.88. The van der Waals surface area contributed by atoms with Gasteiger partial charge in [-0.2, -0.15) is 0 Å². The van der Waals surface area contributed by atoms with E-state index in [4.69, 9.17) is 5.11 Å². The maximum atomic E-state index is 13.5. The molecular weight excluding hydrogens is 272 g/mol. The minimum atomic E-state index is -3.09. The van der Waals surface area contributed by atoms with E-state index in [9.17, 15) is 8.78 Å². The number of halogens is 2. The summed E-state index contributed by atoms with van der Waals surface area (Å²) in [5.74, 6) is -3.09. The summed E-state index contributed by atoms with van der Waals surface area (Å²) in [6.07, 6.45) is 0. The van der Waals surface area contributed by atoms with Crippen LogP contribution in [-0.2, 0) is 13.1 Å². The molecule has 0 fully saturated rings. The van der Waals surface area contributed by atoms with Gasteiger partial charge in [-0.15, -0.1) is 0 Å². The Morgan fingerprint density at radius 1 is 0.810 bits per heavy atom. The number of benzene rings is 2. The second kappa shape index (κ2) is 7.29. The van der Waals surface area contributed by atoms with Crippen LogP contribution in [-0.4, -0.2) is 29.1 Å². The molecule has 2 rings (SSSR count). The van der Waals surface area contributed by atoms with Gasteiger partial charge in [0.2, 0.25) is 0 Å². The molecule has 0 saturated carbocycles. The van der Waals surface area contributed by atoms with E-state index in [1.54, 1.807) is 4.90 Å². The Balaban J connectivity index is 2.10. The summed E-state index contributed by atoms with van der Waals surface area (Å²) in [6.45, 7) is -0.753. The van der Waals surface area contributed by atoms with Gasteiger partial charge < -0.3 is 5.11 Å². The average molecular weight is 291 g/mol. The Morgan fingerprint density at radius 3 is 1.62 bits per heavy atom. The summed E-state index contributed by atoms with van der Waals surface area (Å²) in [5.41, 5.74) is 1.95. The predicted molar refractivity (Wildman–Crippen MR) is 79.0 cm³/mol. The van der Waals surface area contributed by atoms with Gasteiger partial charge in [0.15, 0.2) is 0 Å². The molecule has 2 aromatic carbocycles. The number of rotatable bonds is 7. The third kappa shape index (κ3) is 5.25. The van der Waals surface area contributed by atoms with Crippen molar-refractivity contribution in [3.05, 3.63) is 71.8 Å². The smallest absolute Gasteiger partial charge is 0.283 e. The molecule has 0 unspecified atom stereocenters. The van der Waals surface area contributed by atoms with Gasteiger partial charge >= 0.3 is 0 Å². The second-order valence-electron chi connectivity index (χ2n) is 5.13. The van der Waals surface area contributed by atoms with Crippen LogP contribution in [0, 0.1) is 0 Å². The largest absolute Gasteiger partial charge is 0.390 e. The van der Waals surface area contributed by atoms with Crippen LogP contribution in [0.5, 0.6) is 0 Å². The summed E-state index contributed by atoms with van der Waals surface area (Å²) < 4.78 is 27.0. The lowest BCUT2D eigenvalue weighted by molar-refractivity contribution is -0.0758. The van der Waals surface area contributed by atoms with E-state index < -0.39 is 19.1 Å². The molecule has 4 heteroatoms. The summed E-state index contributed by atoms with van der Waals surface area (Å²) in [5, 5.41) is 8.80. The molecule has 112 valence electrons. The molecule has 0 aliphatic carbocycles. The number of aliphatic hydroxyl groups excluding tert-OH is 1. The topological polar surface area (TPSA) is 23.5 Å². The molecule has 0 aliphatic rings. The highest BCUT2D eigenvalue weighted by Crippen LogP contribution is 2.18. The van der Waals surface area contributed by atoms with E-state index >= 15 is 0 Å². The van der Waals surface area contributed by atoms with E-state index in [1.165, 1.54) is 0 Å². The van der Waals surface area contributed by atoms with Gasteiger partial charge in [-0.05, 0) is 11.1 Å². The number of hydrogen-bond acceptors (Lipinski definition) is 2. The van der Waals surface area contributed by atoms with Crippen LogP contribution in [0.25, 0.3) is 0 Å². The van der Waals surface area contributed by atoms with Crippen LogP contribution in [0.2, 0.25) is 0 Å². The molecule has 21 heavy (non-hydrogen) atoms. The van der Waals surface area contributed by atoms with Gasteiger partial charge in [-0.3, -0.25) is 4.90 Å². The van der Waals surface area contributed by atoms with Crippen LogP contribution in [0.1, 0.15) is 11.1 Å². The molecule has 0 atom stereocenters. The zero-order valence-electron chi connectivity index (χ0n) is 11.8. The zero-order chi connectivity index (χ0) is 15.1. The predicted octanol–water partition coefficient (Wildman–Crippen LogP) is 3.32. The summed E-state index contributed by atoms with van der Waals surface area (Å²) in [4.78, 5) is 1.65. The van der Waals surface area contributed by atoms with Gasteiger partial charge in [0.05, 0.1) is 6.54 Å². The third-order valence-corrected chi connectivity index (χ3v) is 3.18. The van der Waals surface area contributed by atoms with Crippen molar-refractivity contribution in [3.63, 3.8) is 0 Å². The van der Waals surface area contributed by atoms with Crippen molar-refractivity contribution in [2.45, 2.75) is 19.0 Å². The highest BCUT2D eigenvalue weighted by Gasteiger charge is 2.30. The molecule has 0 spiro atoms. The van der Waals surface area contributed by atoms with Gasteiger partial charge in [-0.25, -0.2) is 8.78 Å². The van der Waals surface area contributed by atoms with Gasteiger partial charge in [0.1, 0.15) is 6.61 Å². The highest BCUT2D eigenvalue weighted by molar-refractivity contribution is 5.17. The molecule has 2 aromatic rings. The standard InChI is InChI=1S/C17H19F2NO/c18-17(19,14-21)13-20(11-15-7-3-1-4-8-15)12-16-9-5-2-6-10-16/h1-10,21H,11-14H2. The fourth-order valence-corrected chi connectivity index (χ4v) is 2.23. The Hall–Kier alpha value is -1.78. The van der Waals surface area contributed by atoms with Crippen molar-refractivity contribution < 1.29 is 13.9 Å². The van der Waals surface area contributed by atoms with Crippen LogP contribution in [0.15, 0.2) is 60.7 Å². The first kappa shape index (κ1) is 15.6. The highest BCUT2D eigenvalue weighted by atomic mass is 19.3. The van der Waals surface area contributed by atoms with Crippen molar-refractivity contribution in [2.24, 2.45) is 0 Å². The SMILES string of the molecule is OCC(F)(F)CN(Cc1ccccc1)Cc1ccccc1. The first-order valence-corrected chi connectivity index (χ1v) is 6.88. The Morgan fingerprint density at radius 2 is 1.24 bits per heavy atom. The maximum absolute atomic E-state index is 13.5. The lowest BCUT2D eigenvalue weighted by Crippen LogP contribution is -2.38. The monoisotopic (exact) mass is 291 g/mol. The second-order valence-corrected chi connectivity index (χ2v) is 5.13. The fourth-order valence-electron chi connectivity index (χ4n) is 2.23. The van der Waals surface area contributed by atoms with E-state index in [0.717, 1.165) is 11.1 Å². The first-order chi connectivity index (χ1) is 10.1. The molecule has 0 amide bonds. The summed E-state index contributed by atoms with van der Waals surface area (Å²) in [6, 6.07) is 19.0. The molecule has 0 saturated heterocycles. The maximum Gasteiger partial charge on any atom is 0.283 e. The lowest BCUT2D eigenvalue weighted by Gasteiger charge is -2.26. The fraction of sp³-hybridized carbons (Fsp3) is 0.294. The van der Waals surface area contributed by atoms with Crippen LogP contribution in [0.3, 0.4) is 0 Å². The van der Waals surface area contributed by atoms with Crippen molar-refractivity contribution in [1.29, 1.82) is 0 Å². The zero-order valence-corrected chi connectivity index (χ0v) is 11.8. The van der Waals surface area contributed by atoms with E-state index in [0.29, 0.717) is 13.1 Å². The normalized spacial score (nSPS) is 11.8. The third-order valence-electron chi connectivity index (χ3n) is 3.18. The minimum Gasteiger partial charge on any atom is -0.390 e. The minimum absolute atomic E-state index is 0.422. The quantitative estimate of drug-likeness (QED) is 0.846. The number of alkyl halides is 2. The van der Waals surface area contributed by atoms with Gasteiger partial charge in [0, 0.05) is 13.1 Å². The molecule has 0 bridgehead atoms.